The molecule has 9 rings (SSSR count). The number of ether oxygens (including phenoxy) is 4. The topological polar surface area (TPSA) is 183 Å². The predicted octanol–water partition coefficient (Wildman–Crippen LogP) is 10.4. The molecule has 3 aliphatic heterocycles. The number of amides is 6. The predicted molar refractivity (Wildman–Crippen MR) is 282 cm³/mol. The molecule has 6 aromatic carbocycles. The Labute approximate surface area is 438 Å². The fraction of sp³-hybridized carbons (Fsp3) is 0.213. The van der Waals surface area contributed by atoms with Gasteiger partial charge in [-0.1, -0.05) is 75.4 Å². The smallest absolute Gasteiger partial charge is 0.333 e. The summed E-state index contributed by atoms with van der Waals surface area (Å²) >= 11 is 0. The van der Waals surface area contributed by atoms with Gasteiger partial charge in [0.15, 0.2) is 0 Å². The van der Waals surface area contributed by atoms with Gasteiger partial charge in [-0.05, 0) is 127 Å². The van der Waals surface area contributed by atoms with Crippen molar-refractivity contribution in [3.05, 3.63) is 202 Å². The Balaban J connectivity index is 0.745. The molecule has 6 amide bonds. The van der Waals surface area contributed by atoms with Crippen LogP contribution in [0.15, 0.2) is 158 Å². The largest absolute Gasteiger partial charge is 0.465 e. The molecule has 0 saturated carbocycles. The summed E-state index contributed by atoms with van der Waals surface area (Å²) in [5.74, 6) is -1.37. The van der Waals surface area contributed by atoms with Gasteiger partial charge in [-0.15, -0.1) is 0 Å². The summed E-state index contributed by atoms with van der Waals surface area (Å²) in [6.07, 6.45) is 5.50. The minimum Gasteiger partial charge on any atom is -0.465 e. The number of rotatable bonds is 21. The van der Waals surface area contributed by atoms with E-state index in [0.29, 0.717) is 78.6 Å². The molecule has 384 valence electrons. The van der Waals surface area contributed by atoms with E-state index >= 15 is 0 Å². The fourth-order valence-corrected chi connectivity index (χ4v) is 9.08. The summed E-state index contributed by atoms with van der Waals surface area (Å²) < 4.78 is 22.9. The van der Waals surface area contributed by atoms with Crippen molar-refractivity contribution in [2.24, 2.45) is 0 Å². The van der Waals surface area contributed by atoms with Gasteiger partial charge in [-0.2, -0.15) is 0 Å². The van der Waals surface area contributed by atoms with E-state index in [0.717, 1.165) is 32.1 Å². The Kier molecular flexibility index (Phi) is 15.0. The average molecular weight is 1020 g/mol. The summed E-state index contributed by atoms with van der Waals surface area (Å²) in [5.41, 5.74) is 5.46. The standard InChI is InChI=1S/C61H53N3O12/c1-38(2)60(72)74-35-32-40-11-19-44(20-12-40)64-57(69)50-28-26-48(37-52(50)59(64)71)76-46-23-15-42(16-24-46)61(3,4)41-13-21-45(22-14-41)75-47-25-27-49-51(36-47)58(70)63(56(49)68)43-17-9-39(10-18-43)31-34-73-55(67)8-6-5-7-33-62-53(65)29-30-54(62)66/h9-30,36-37H,1,5-8,31-35H2,2-4H3. The zero-order chi connectivity index (χ0) is 53.7. The van der Waals surface area contributed by atoms with E-state index in [4.69, 9.17) is 18.9 Å². The summed E-state index contributed by atoms with van der Waals surface area (Å²) in [4.78, 5) is 105. The first kappa shape index (κ1) is 51.7. The molecule has 6 aromatic rings. The van der Waals surface area contributed by atoms with Crippen molar-refractivity contribution in [2.75, 3.05) is 29.6 Å². The molecule has 76 heavy (non-hydrogen) atoms. The van der Waals surface area contributed by atoms with E-state index in [-0.39, 0.29) is 59.7 Å². The zero-order valence-electron chi connectivity index (χ0n) is 42.2. The van der Waals surface area contributed by atoms with Crippen LogP contribution in [0.5, 0.6) is 23.0 Å². The number of hydrogen-bond donors (Lipinski definition) is 0. The van der Waals surface area contributed by atoms with Crippen LogP contribution >= 0.6 is 0 Å². The summed E-state index contributed by atoms with van der Waals surface area (Å²) in [6, 6.07) is 38.8. The van der Waals surface area contributed by atoms with Gasteiger partial charge < -0.3 is 18.9 Å². The Morgan fingerprint density at radius 2 is 0.921 bits per heavy atom. The molecule has 15 nitrogen and oxygen atoms in total. The summed E-state index contributed by atoms with van der Waals surface area (Å²) in [7, 11) is 0. The summed E-state index contributed by atoms with van der Waals surface area (Å²) in [5, 5.41) is 0. The van der Waals surface area contributed by atoms with Crippen molar-refractivity contribution >= 4 is 58.8 Å². The molecule has 3 aliphatic rings. The Morgan fingerprint density at radius 3 is 1.37 bits per heavy atom. The van der Waals surface area contributed by atoms with Crippen LogP contribution in [0.2, 0.25) is 0 Å². The van der Waals surface area contributed by atoms with Gasteiger partial charge in [-0.3, -0.25) is 38.5 Å². The van der Waals surface area contributed by atoms with Crippen molar-refractivity contribution in [3.8, 4) is 23.0 Å². The van der Waals surface area contributed by atoms with Crippen LogP contribution in [0.1, 0.15) is 110 Å². The lowest BCUT2D eigenvalue weighted by atomic mass is 9.78. The lowest BCUT2D eigenvalue weighted by Crippen LogP contribution is -2.30. The quantitative estimate of drug-likeness (QED) is 0.0288. The SMILES string of the molecule is C=C(C)C(=O)OCCc1ccc(N2C(=O)c3ccc(Oc4ccc(C(C)(C)c5ccc(Oc6ccc7c(c6)C(=O)N(c6ccc(CCOC(=O)CCCCCN8C(=O)C=CC8=O)cc6)C7=O)cc5)cc4)cc3C2=O)cc1. The highest BCUT2D eigenvalue weighted by Gasteiger charge is 2.38. The first-order valence-electron chi connectivity index (χ1n) is 24.9. The van der Waals surface area contributed by atoms with Gasteiger partial charge in [0.05, 0.1) is 46.8 Å². The van der Waals surface area contributed by atoms with E-state index in [1.165, 1.54) is 17.1 Å². The Hall–Kier alpha value is -9.24. The van der Waals surface area contributed by atoms with Gasteiger partial charge in [0.25, 0.3) is 35.4 Å². The maximum Gasteiger partial charge on any atom is 0.333 e. The molecule has 0 atom stereocenters. The van der Waals surface area contributed by atoms with Crippen LogP contribution in [-0.4, -0.2) is 72.0 Å². The van der Waals surface area contributed by atoms with Crippen molar-refractivity contribution in [1.82, 2.24) is 4.90 Å². The molecule has 0 N–H and O–H groups in total. The van der Waals surface area contributed by atoms with Gasteiger partial charge in [0.2, 0.25) is 0 Å². The first-order valence-corrected chi connectivity index (χ1v) is 24.9. The van der Waals surface area contributed by atoms with Crippen molar-refractivity contribution in [2.45, 2.75) is 64.7 Å². The third-order valence-corrected chi connectivity index (χ3v) is 13.5. The normalized spacial score (nSPS) is 13.9. The fourth-order valence-electron chi connectivity index (χ4n) is 9.08. The number of nitrogens with zero attached hydrogens (tertiary/aromatic N) is 3. The van der Waals surface area contributed by atoms with Crippen LogP contribution in [0.3, 0.4) is 0 Å². The van der Waals surface area contributed by atoms with E-state index in [1.54, 1.807) is 91.9 Å². The minimum atomic E-state index is -0.473. The molecule has 0 saturated heterocycles. The lowest BCUT2D eigenvalue weighted by molar-refractivity contribution is -0.144. The van der Waals surface area contributed by atoms with Crippen LogP contribution in [0.25, 0.3) is 0 Å². The number of imide groups is 3. The summed E-state index contributed by atoms with van der Waals surface area (Å²) in [6.45, 7) is 10.0. The van der Waals surface area contributed by atoms with E-state index in [2.05, 4.69) is 20.4 Å². The van der Waals surface area contributed by atoms with Crippen molar-refractivity contribution < 1.29 is 57.3 Å². The molecule has 0 spiro atoms. The van der Waals surface area contributed by atoms with Crippen LogP contribution in [-0.2, 0) is 46.9 Å². The highest BCUT2D eigenvalue weighted by molar-refractivity contribution is 6.35. The number of carbonyl (C=O) groups excluding carboxylic acids is 8. The molecule has 0 aromatic heterocycles. The van der Waals surface area contributed by atoms with Gasteiger partial charge in [-0.25, -0.2) is 14.6 Å². The molecular weight excluding hydrogens is 967 g/mol. The molecule has 15 heteroatoms. The third kappa shape index (κ3) is 11.1. The number of unbranched alkanes of at least 4 members (excludes halogenated alkanes) is 2. The average Bonchev–Trinajstić information content (AvgIpc) is 4.01. The lowest BCUT2D eigenvalue weighted by Gasteiger charge is -2.26. The molecule has 0 unspecified atom stereocenters. The molecule has 0 radical (unpaired) electrons. The first-order chi connectivity index (χ1) is 36.5. The maximum absolute atomic E-state index is 13.7. The van der Waals surface area contributed by atoms with Crippen molar-refractivity contribution in [3.63, 3.8) is 0 Å². The van der Waals surface area contributed by atoms with Crippen LogP contribution < -0.4 is 19.3 Å². The van der Waals surface area contributed by atoms with Crippen LogP contribution in [0.4, 0.5) is 11.4 Å². The monoisotopic (exact) mass is 1020 g/mol. The number of fused-ring (bicyclic) bond motifs is 2. The third-order valence-electron chi connectivity index (χ3n) is 13.5. The van der Waals surface area contributed by atoms with E-state index < -0.39 is 35.0 Å². The number of esters is 2. The second-order valence-electron chi connectivity index (χ2n) is 19.1. The number of benzene rings is 6. The zero-order valence-corrected chi connectivity index (χ0v) is 42.2. The maximum atomic E-state index is 13.7. The molecular formula is C61H53N3O12. The molecule has 0 aliphatic carbocycles. The van der Waals surface area contributed by atoms with E-state index in [9.17, 15) is 38.4 Å². The highest BCUT2D eigenvalue weighted by atomic mass is 16.5. The van der Waals surface area contributed by atoms with E-state index in [1.807, 2.05) is 48.5 Å². The number of hydrogen-bond acceptors (Lipinski definition) is 12. The second-order valence-corrected chi connectivity index (χ2v) is 19.1. The molecule has 3 heterocycles. The number of anilines is 2. The highest BCUT2D eigenvalue weighted by Crippen LogP contribution is 2.38. The minimum absolute atomic E-state index is 0.166. The van der Waals surface area contributed by atoms with Crippen molar-refractivity contribution in [1.29, 1.82) is 0 Å². The molecule has 0 fully saturated rings. The van der Waals surface area contributed by atoms with Crippen LogP contribution in [0, 0.1) is 0 Å². The van der Waals surface area contributed by atoms with Gasteiger partial charge in [0.1, 0.15) is 23.0 Å². The molecule has 0 bridgehead atoms. The number of carbonyl (C=O) groups is 8. The Bertz CT molecular complexity index is 3320. The second kappa shape index (κ2) is 22.1. The van der Waals surface area contributed by atoms with Gasteiger partial charge >= 0.3 is 11.9 Å². The Morgan fingerprint density at radius 1 is 0.500 bits per heavy atom. The van der Waals surface area contributed by atoms with Gasteiger partial charge in [0, 0.05) is 48.9 Å².